The average molecular weight is 329 g/mol. The van der Waals surface area contributed by atoms with Crippen molar-refractivity contribution < 1.29 is 18.7 Å². The number of carbonyl (C=O) groups is 2. The van der Waals surface area contributed by atoms with Crippen molar-refractivity contribution in [1.29, 1.82) is 0 Å². The molecule has 4 nitrogen and oxygen atoms in total. The number of nitrogens with one attached hydrogen (secondary N) is 1. The Hall–Kier alpha value is -2.69. The molecule has 0 aromatic heterocycles. The van der Waals surface area contributed by atoms with E-state index < -0.39 is 5.97 Å². The third kappa shape index (κ3) is 4.65. The second-order valence-electron chi connectivity index (χ2n) is 5.47. The first-order chi connectivity index (χ1) is 11.5. The quantitative estimate of drug-likeness (QED) is 0.811. The lowest BCUT2D eigenvalue weighted by atomic mass is 9.97. The molecule has 0 spiro atoms. The molecule has 1 amide bonds. The van der Waals surface area contributed by atoms with Crippen molar-refractivity contribution in [2.45, 2.75) is 26.2 Å². The van der Waals surface area contributed by atoms with Crippen LogP contribution in [0.25, 0.3) is 0 Å². The maximum Gasteiger partial charge on any atom is 0.340 e. The zero-order chi connectivity index (χ0) is 17.5. The number of ether oxygens (including phenoxy) is 1. The molecule has 126 valence electrons. The van der Waals surface area contributed by atoms with Gasteiger partial charge in [0.05, 0.1) is 17.9 Å². The molecule has 1 atom stereocenters. The van der Waals surface area contributed by atoms with Crippen LogP contribution in [-0.4, -0.2) is 18.5 Å². The topological polar surface area (TPSA) is 55.4 Å². The number of para-hydroxylation sites is 1. The van der Waals surface area contributed by atoms with E-state index in [2.05, 4.69) is 5.32 Å². The van der Waals surface area contributed by atoms with Gasteiger partial charge in [-0.15, -0.1) is 0 Å². The number of hydrogen-bond donors (Lipinski definition) is 1. The van der Waals surface area contributed by atoms with Crippen LogP contribution in [-0.2, 0) is 9.53 Å². The summed E-state index contributed by atoms with van der Waals surface area (Å²) in [6.45, 7) is 3.89. The van der Waals surface area contributed by atoms with Crippen LogP contribution in [0, 0.1) is 5.82 Å². The standard InChI is InChI=1S/C19H20FNO3/c1-3-24-19(23)16-6-4-5-7-17(16)21-18(22)12-13(2)14-8-10-15(20)11-9-14/h4-11,13H,3,12H2,1-2H3,(H,21,22). The fraction of sp³-hybridized carbons (Fsp3) is 0.263. The molecule has 2 aromatic rings. The van der Waals surface area contributed by atoms with Crippen LogP contribution >= 0.6 is 0 Å². The monoisotopic (exact) mass is 329 g/mol. The molecule has 1 N–H and O–H groups in total. The summed E-state index contributed by atoms with van der Waals surface area (Å²) >= 11 is 0. The predicted octanol–water partition coefficient (Wildman–Crippen LogP) is 4.13. The van der Waals surface area contributed by atoms with E-state index in [4.69, 9.17) is 4.74 Å². The SMILES string of the molecule is CCOC(=O)c1ccccc1NC(=O)CC(C)c1ccc(F)cc1. The molecule has 0 aliphatic rings. The Balaban J connectivity index is 2.04. The minimum Gasteiger partial charge on any atom is -0.462 e. The first kappa shape index (κ1) is 17.7. The largest absolute Gasteiger partial charge is 0.462 e. The van der Waals surface area contributed by atoms with Crippen LogP contribution in [0.1, 0.15) is 42.1 Å². The van der Waals surface area contributed by atoms with Gasteiger partial charge in [0.15, 0.2) is 0 Å². The number of esters is 1. The van der Waals surface area contributed by atoms with Gasteiger partial charge in [-0.25, -0.2) is 9.18 Å². The highest BCUT2D eigenvalue weighted by atomic mass is 19.1. The highest BCUT2D eigenvalue weighted by molar-refractivity contribution is 6.01. The minimum absolute atomic E-state index is 0.0691. The summed E-state index contributed by atoms with van der Waals surface area (Å²) in [5.41, 5.74) is 1.62. The van der Waals surface area contributed by atoms with Gasteiger partial charge in [-0.3, -0.25) is 4.79 Å². The molecule has 2 rings (SSSR count). The summed E-state index contributed by atoms with van der Waals surface area (Å²) in [6.07, 6.45) is 0.225. The smallest absolute Gasteiger partial charge is 0.340 e. The van der Waals surface area contributed by atoms with Crippen molar-refractivity contribution in [3.63, 3.8) is 0 Å². The molecule has 0 aliphatic carbocycles. The zero-order valence-electron chi connectivity index (χ0n) is 13.7. The van der Waals surface area contributed by atoms with Crippen molar-refractivity contribution in [3.8, 4) is 0 Å². The van der Waals surface area contributed by atoms with E-state index in [1.54, 1.807) is 43.3 Å². The fourth-order valence-corrected chi connectivity index (χ4v) is 2.37. The predicted molar refractivity (Wildman–Crippen MR) is 90.5 cm³/mol. The van der Waals surface area contributed by atoms with Crippen molar-refractivity contribution in [2.24, 2.45) is 0 Å². The molecule has 1 unspecified atom stereocenters. The first-order valence-electron chi connectivity index (χ1n) is 7.82. The summed E-state index contributed by atoms with van der Waals surface area (Å²) in [5, 5.41) is 2.75. The van der Waals surface area contributed by atoms with Crippen molar-refractivity contribution in [1.82, 2.24) is 0 Å². The van der Waals surface area contributed by atoms with Gasteiger partial charge in [0, 0.05) is 6.42 Å². The van der Waals surface area contributed by atoms with Gasteiger partial charge in [0.2, 0.25) is 5.91 Å². The van der Waals surface area contributed by atoms with E-state index in [1.165, 1.54) is 12.1 Å². The van der Waals surface area contributed by atoms with E-state index >= 15 is 0 Å². The summed E-state index contributed by atoms with van der Waals surface area (Å²) in [4.78, 5) is 24.2. The average Bonchev–Trinajstić information content (AvgIpc) is 2.56. The van der Waals surface area contributed by atoms with Crippen LogP contribution in [0.2, 0.25) is 0 Å². The molecule has 0 radical (unpaired) electrons. The molecular weight excluding hydrogens is 309 g/mol. The molecule has 0 fully saturated rings. The molecule has 2 aromatic carbocycles. The number of anilines is 1. The first-order valence-corrected chi connectivity index (χ1v) is 7.82. The van der Waals surface area contributed by atoms with Crippen LogP contribution in [0.5, 0.6) is 0 Å². The van der Waals surface area contributed by atoms with Crippen LogP contribution in [0.15, 0.2) is 48.5 Å². The molecule has 0 bridgehead atoms. The van der Waals surface area contributed by atoms with Crippen LogP contribution < -0.4 is 5.32 Å². The van der Waals surface area contributed by atoms with E-state index in [1.807, 2.05) is 6.92 Å². The molecule has 0 heterocycles. The number of hydrogen-bond acceptors (Lipinski definition) is 3. The maximum absolute atomic E-state index is 13.0. The van der Waals surface area contributed by atoms with Gasteiger partial charge in [0.25, 0.3) is 0 Å². The summed E-state index contributed by atoms with van der Waals surface area (Å²) in [5.74, 6) is -1.07. The van der Waals surface area contributed by atoms with Crippen LogP contribution in [0.4, 0.5) is 10.1 Å². The maximum atomic E-state index is 13.0. The van der Waals surface area contributed by atoms with Crippen molar-refractivity contribution >= 4 is 17.6 Å². The van der Waals surface area contributed by atoms with Crippen molar-refractivity contribution in [2.75, 3.05) is 11.9 Å². The van der Waals surface area contributed by atoms with E-state index in [0.29, 0.717) is 11.3 Å². The Morgan fingerprint density at radius 1 is 1.12 bits per heavy atom. The highest BCUT2D eigenvalue weighted by Gasteiger charge is 2.16. The Morgan fingerprint density at radius 2 is 1.79 bits per heavy atom. The lowest BCUT2D eigenvalue weighted by Crippen LogP contribution is -2.17. The number of halogens is 1. The van der Waals surface area contributed by atoms with Gasteiger partial charge in [0.1, 0.15) is 5.82 Å². The highest BCUT2D eigenvalue weighted by Crippen LogP contribution is 2.21. The van der Waals surface area contributed by atoms with Gasteiger partial charge < -0.3 is 10.1 Å². The fourth-order valence-electron chi connectivity index (χ4n) is 2.37. The van der Waals surface area contributed by atoms with E-state index in [0.717, 1.165) is 5.56 Å². The molecule has 24 heavy (non-hydrogen) atoms. The normalized spacial score (nSPS) is 11.6. The Bertz CT molecular complexity index is 713. The second-order valence-corrected chi connectivity index (χ2v) is 5.47. The number of rotatable bonds is 6. The van der Waals surface area contributed by atoms with Gasteiger partial charge in [-0.2, -0.15) is 0 Å². The Kier molecular flexibility index (Phi) is 6.07. The summed E-state index contributed by atoms with van der Waals surface area (Å²) in [6, 6.07) is 12.8. The number of amides is 1. The minimum atomic E-state index is -0.472. The van der Waals surface area contributed by atoms with E-state index in [9.17, 15) is 14.0 Å². The lowest BCUT2D eigenvalue weighted by molar-refractivity contribution is -0.116. The Labute approximate surface area is 140 Å². The lowest BCUT2D eigenvalue weighted by Gasteiger charge is -2.14. The van der Waals surface area contributed by atoms with Gasteiger partial charge in [-0.1, -0.05) is 31.2 Å². The van der Waals surface area contributed by atoms with Crippen molar-refractivity contribution in [3.05, 3.63) is 65.5 Å². The zero-order valence-corrected chi connectivity index (χ0v) is 13.7. The molecule has 5 heteroatoms. The molecule has 0 saturated heterocycles. The van der Waals surface area contributed by atoms with Gasteiger partial charge >= 0.3 is 5.97 Å². The number of carbonyl (C=O) groups excluding carboxylic acids is 2. The number of benzene rings is 2. The van der Waals surface area contributed by atoms with Crippen LogP contribution in [0.3, 0.4) is 0 Å². The second kappa shape index (κ2) is 8.24. The summed E-state index contributed by atoms with van der Waals surface area (Å²) < 4.78 is 17.9. The van der Waals surface area contributed by atoms with E-state index in [-0.39, 0.29) is 30.7 Å². The third-order valence-electron chi connectivity index (χ3n) is 3.63. The van der Waals surface area contributed by atoms with Gasteiger partial charge in [-0.05, 0) is 42.7 Å². The molecular formula is C19H20FNO3. The molecule has 0 saturated carbocycles. The molecule has 0 aliphatic heterocycles. The Morgan fingerprint density at radius 3 is 2.46 bits per heavy atom. The summed E-state index contributed by atoms with van der Waals surface area (Å²) in [7, 11) is 0. The third-order valence-corrected chi connectivity index (χ3v) is 3.63.